The Morgan fingerprint density at radius 1 is 1.35 bits per heavy atom. The van der Waals surface area contributed by atoms with Gasteiger partial charge in [-0.1, -0.05) is 27.7 Å². The van der Waals surface area contributed by atoms with Crippen LogP contribution in [0.3, 0.4) is 0 Å². The van der Waals surface area contributed by atoms with E-state index in [9.17, 15) is 4.79 Å². The summed E-state index contributed by atoms with van der Waals surface area (Å²) in [6, 6.07) is 1.40. The summed E-state index contributed by atoms with van der Waals surface area (Å²) < 4.78 is 5.50. The summed E-state index contributed by atoms with van der Waals surface area (Å²) in [5, 5.41) is 0. The predicted molar refractivity (Wildman–Crippen MR) is 68.5 cm³/mol. The zero-order chi connectivity index (χ0) is 12.8. The second-order valence-corrected chi connectivity index (χ2v) is 5.01. The molecular formula is C13H22N2O2. The Balaban J connectivity index is 2.56. The van der Waals surface area contributed by atoms with Gasteiger partial charge in [-0.25, -0.2) is 0 Å². The summed E-state index contributed by atoms with van der Waals surface area (Å²) in [5.41, 5.74) is -0.150. The van der Waals surface area contributed by atoms with Gasteiger partial charge in [0.05, 0.1) is 12.7 Å². The third kappa shape index (κ3) is 5.02. The molecule has 0 unspecified atom stereocenters. The highest BCUT2D eigenvalue weighted by molar-refractivity contribution is 5.10. The monoisotopic (exact) mass is 238 g/mol. The molecular weight excluding hydrogens is 216 g/mol. The molecule has 0 spiro atoms. The molecule has 1 aromatic rings. The lowest BCUT2D eigenvalue weighted by molar-refractivity contribution is 0.285. The lowest BCUT2D eigenvalue weighted by atomic mass is 10.1. The van der Waals surface area contributed by atoms with Crippen molar-refractivity contribution in [2.24, 2.45) is 5.92 Å². The maximum atomic E-state index is 11.4. The average molecular weight is 238 g/mol. The molecule has 0 bridgehead atoms. The fourth-order valence-electron chi connectivity index (χ4n) is 1.47. The smallest absolute Gasteiger partial charge is 0.254 e. The van der Waals surface area contributed by atoms with Crippen LogP contribution < -0.4 is 10.3 Å². The standard InChI is InChI=1S/C13H22N2O2/c1-9(2)6-5-7-17-12-8-11(16)14-13(15-12)10(3)4/h8-10H,5-7H2,1-4H3,(H,14,15,16). The van der Waals surface area contributed by atoms with E-state index >= 15 is 0 Å². The zero-order valence-corrected chi connectivity index (χ0v) is 11.1. The maximum Gasteiger partial charge on any atom is 0.254 e. The van der Waals surface area contributed by atoms with Crippen molar-refractivity contribution in [3.05, 3.63) is 22.2 Å². The molecule has 17 heavy (non-hydrogen) atoms. The molecule has 0 amide bonds. The highest BCUT2D eigenvalue weighted by Gasteiger charge is 2.05. The van der Waals surface area contributed by atoms with Crippen molar-refractivity contribution in [2.45, 2.75) is 46.5 Å². The minimum Gasteiger partial charge on any atom is -0.477 e. The molecule has 1 heterocycles. The van der Waals surface area contributed by atoms with Crippen LogP contribution in [0.25, 0.3) is 0 Å². The fraction of sp³-hybridized carbons (Fsp3) is 0.692. The van der Waals surface area contributed by atoms with E-state index in [1.165, 1.54) is 6.07 Å². The van der Waals surface area contributed by atoms with Crippen LogP contribution in [0, 0.1) is 5.92 Å². The quantitative estimate of drug-likeness (QED) is 0.775. The van der Waals surface area contributed by atoms with Crippen molar-refractivity contribution < 1.29 is 4.74 Å². The van der Waals surface area contributed by atoms with Crippen LogP contribution in [0.4, 0.5) is 0 Å². The molecule has 0 fully saturated rings. The minimum atomic E-state index is -0.150. The molecule has 4 heteroatoms. The summed E-state index contributed by atoms with van der Waals surface area (Å²) in [4.78, 5) is 18.4. The first-order valence-corrected chi connectivity index (χ1v) is 6.23. The van der Waals surface area contributed by atoms with E-state index in [1.807, 2.05) is 13.8 Å². The lowest BCUT2D eigenvalue weighted by Gasteiger charge is -2.09. The summed E-state index contributed by atoms with van der Waals surface area (Å²) in [7, 11) is 0. The van der Waals surface area contributed by atoms with E-state index in [0.29, 0.717) is 24.2 Å². The second-order valence-electron chi connectivity index (χ2n) is 5.01. The molecule has 0 radical (unpaired) electrons. The first-order valence-electron chi connectivity index (χ1n) is 6.23. The van der Waals surface area contributed by atoms with Crippen molar-refractivity contribution >= 4 is 0 Å². The normalized spacial score (nSPS) is 11.2. The van der Waals surface area contributed by atoms with Crippen LogP contribution in [0.2, 0.25) is 0 Å². The van der Waals surface area contributed by atoms with Gasteiger partial charge in [0, 0.05) is 5.92 Å². The third-order valence-corrected chi connectivity index (χ3v) is 2.46. The second kappa shape index (κ2) is 6.42. The van der Waals surface area contributed by atoms with E-state index in [4.69, 9.17) is 4.74 Å². The van der Waals surface area contributed by atoms with Gasteiger partial charge < -0.3 is 9.72 Å². The summed E-state index contributed by atoms with van der Waals surface area (Å²) >= 11 is 0. The van der Waals surface area contributed by atoms with Crippen LogP contribution in [0.1, 0.15) is 52.3 Å². The minimum absolute atomic E-state index is 0.150. The summed E-state index contributed by atoms with van der Waals surface area (Å²) in [6.07, 6.45) is 2.11. The molecule has 1 aromatic heterocycles. The Morgan fingerprint density at radius 2 is 2.06 bits per heavy atom. The molecule has 96 valence electrons. The number of hydrogen-bond acceptors (Lipinski definition) is 3. The molecule has 0 saturated heterocycles. The zero-order valence-electron chi connectivity index (χ0n) is 11.1. The molecule has 0 aliphatic rings. The van der Waals surface area contributed by atoms with E-state index in [0.717, 1.165) is 12.8 Å². The first-order chi connectivity index (χ1) is 7.99. The number of rotatable bonds is 6. The Morgan fingerprint density at radius 3 is 2.65 bits per heavy atom. The van der Waals surface area contributed by atoms with Crippen LogP contribution >= 0.6 is 0 Å². The van der Waals surface area contributed by atoms with E-state index < -0.39 is 0 Å². The van der Waals surface area contributed by atoms with Crippen molar-refractivity contribution in [2.75, 3.05) is 6.61 Å². The van der Waals surface area contributed by atoms with Gasteiger partial charge in [0.1, 0.15) is 5.82 Å². The van der Waals surface area contributed by atoms with Crippen LogP contribution in [0.5, 0.6) is 5.88 Å². The topological polar surface area (TPSA) is 55.0 Å². The van der Waals surface area contributed by atoms with Gasteiger partial charge >= 0.3 is 0 Å². The summed E-state index contributed by atoms with van der Waals surface area (Å²) in [5.74, 6) is 1.98. The molecule has 1 rings (SSSR count). The van der Waals surface area contributed by atoms with Crippen LogP contribution in [-0.4, -0.2) is 16.6 Å². The van der Waals surface area contributed by atoms with Crippen molar-refractivity contribution in [3.8, 4) is 5.88 Å². The van der Waals surface area contributed by atoms with Crippen molar-refractivity contribution in [1.29, 1.82) is 0 Å². The van der Waals surface area contributed by atoms with Crippen molar-refractivity contribution in [1.82, 2.24) is 9.97 Å². The number of aromatic nitrogens is 2. The highest BCUT2D eigenvalue weighted by atomic mass is 16.5. The van der Waals surface area contributed by atoms with Gasteiger partial charge in [0.2, 0.25) is 5.88 Å². The molecule has 0 atom stereocenters. The number of H-pyrrole nitrogens is 1. The molecule has 0 aliphatic heterocycles. The molecule has 0 aromatic carbocycles. The molecule has 0 aliphatic carbocycles. The number of nitrogens with zero attached hydrogens (tertiary/aromatic N) is 1. The Kier molecular flexibility index (Phi) is 5.19. The average Bonchev–Trinajstić information content (AvgIpc) is 2.23. The van der Waals surface area contributed by atoms with Gasteiger partial charge in [-0.2, -0.15) is 4.98 Å². The van der Waals surface area contributed by atoms with Gasteiger partial charge in [0.15, 0.2) is 0 Å². The van der Waals surface area contributed by atoms with Gasteiger partial charge in [-0.15, -0.1) is 0 Å². The molecule has 4 nitrogen and oxygen atoms in total. The van der Waals surface area contributed by atoms with E-state index in [1.54, 1.807) is 0 Å². The Bertz CT molecular complexity index is 397. The highest BCUT2D eigenvalue weighted by Crippen LogP contribution is 2.11. The Hall–Kier alpha value is -1.32. The van der Waals surface area contributed by atoms with E-state index in [-0.39, 0.29) is 11.5 Å². The third-order valence-electron chi connectivity index (χ3n) is 2.46. The number of ether oxygens (including phenoxy) is 1. The van der Waals surface area contributed by atoms with E-state index in [2.05, 4.69) is 23.8 Å². The lowest BCUT2D eigenvalue weighted by Crippen LogP contribution is -2.13. The van der Waals surface area contributed by atoms with Crippen LogP contribution in [-0.2, 0) is 0 Å². The predicted octanol–water partition coefficient (Wildman–Crippen LogP) is 2.71. The SMILES string of the molecule is CC(C)CCCOc1cc(=O)[nH]c(C(C)C)n1. The molecule has 1 N–H and O–H groups in total. The van der Waals surface area contributed by atoms with Crippen molar-refractivity contribution in [3.63, 3.8) is 0 Å². The molecule has 0 saturated carbocycles. The maximum absolute atomic E-state index is 11.4. The number of aromatic amines is 1. The first kappa shape index (κ1) is 13.7. The van der Waals surface area contributed by atoms with Gasteiger partial charge in [-0.3, -0.25) is 4.79 Å². The Labute approximate surface area is 102 Å². The summed E-state index contributed by atoms with van der Waals surface area (Å²) in [6.45, 7) is 8.96. The number of nitrogens with one attached hydrogen (secondary N) is 1. The van der Waals surface area contributed by atoms with Crippen LogP contribution in [0.15, 0.2) is 10.9 Å². The number of hydrogen-bond donors (Lipinski definition) is 1. The van der Waals surface area contributed by atoms with Gasteiger partial charge in [0.25, 0.3) is 5.56 Å². The fourth-order valence-corrected chi connectivity index (χ4v) is 1.47. The van der Waals surface area contributed by atoms with Gasteiger partial charge in [-0.05, 0) is 18.8 Å². The largest absolute Gasteiger partial charge is 0.477 e.